The molecular weight excluding hydrogens is 276 g/mol. The largest absolute Gasteiger partial charge is 0.342 e. The average Bonchev–Trinajstić information content (AvgIpc) is 3.21. The summed E-state index contributed by atoms with van der Waals surface area (Å²) in [5.74, 6) is 2.90. The molecule has 3 aliphatic heterocycles. The Morgan fingerprint density at radius 2 is 2.05 bits per heavy atom. The molecule has 1 spiro atoms. The van der Waals surface area contributed by atoms with E-state index in [4.69, 9.17) is 6.42 Å². The van der Waals surface area contributed by atoms with Crippen LogP contribution in [0.3, 0.4) is 0 Å². The van der Waals surface area contributed by atoms with Crippen LogP contribution in [0.25, 0.3) is 0 Å². The summed E-state index contributed by atoms with van der Waals surface area (Å²) in [5.41, 5.74) is 0.0151. The lowest BCUT2D eigenvalue weighted by Gasteiger charge is -2.40. The van der Waals surface area contributed by atoms with Gasteiger partial charge in [-0.1, -0.05) is 0 Å². The minimum atomic E-state index is -0.330. The third kappa shape index (κ3) is 3.33. The van der Waals surface area contributed by atoms with Crippen molar-refractivity contribution >= 4 is 5.91 Å². The van der Waals surface area contributed by atoms with Gasteiger partial charge in [0.1, 0.15) is 0 Å². The Hall–Kier alpha value is -1.41. The van der Waals surface area contributed by atoms with Gasteiger partial charge < -0.3 is 9.80 Å². The molecule has 0 N–H and O–H groups in total. The third-order valence-electron chi connectivity index (χ3n) is 5.44. The van der Waals surface area contributed by atoms with Crippen LogP contribution < -0.4 is 0 Å². The highest BCUT2D eigenvalue weighted by Crippen LogP contribution is 2.40. The van der Waals surface area contributed by atoms with Crippen LogP contribution in [-0.4, -0.2) is 54.6 Å². The van der Waals surface area contributed by atoms with Crippen molar-refractivity contribution in [2.45, 2.75) is 50.6 Å². The van der Waals surface area contributed by atoms with Crippen LogP contribution in [0.4, 0.5) is 0 Å². The molecule has 1 amide bonds. The normalized spacial score (nSPS) is 29.7. The molecule has 3 aliphatic rings. The number of carbonyl (C=O) groups is 1. The molecular formula is C17H26N4O. The summed E-state index contributed by atoms with van der Waals surface area (Å²) >= 11 is 0. The lowest BCUT2D eigenvalue weighted by Crippen LogP contribution is -2.47. The Kier molecular flexibility index (Phi) is 4.22. The summed E-state index contributed by atoms with van der Waals surface area (Å²) in [6, 6.07) is 0. The first-order chi connectivity index (χ1) is 10.6. The van der Waals surface area contributed by atoms with Crippen molar-refractivity contribution in [3.63, 3.8) is 0 Å². The first-order valence-corrected chi connectivity index (χ1v) is 8.40. The summed E-state index contributed by atoms with van der Waals surface area (Å²) in [7, 11) is 2.18. The number of amides is 1. The predicted molar refractivity (Wildman–Crippen MR) is 85.2 cm³/mol. The maximum atomic E-state index is 12.6. The van der Waals surface area contributed by atoms with Crippen molar-refractivity contribution in [1.29, 1.82) is 0 Å². The first-order valence-electron chi connectivity index (χ1n) is 8.40. The second kappa shape index (κ2) is 6.00. The summed E-state index contributed by atoms with van der Waals surface area (Å²) in [6.07, 6.45) is 11.7. The summed E-state index contributed by atoms with van der Waals surface area (Å²) in [5, 5.41) is 8.24. The van der Waals surface area contributed by atoms with Gasteiger partial charge in [0, 0.05) is 50.7 Å². The van der Waals surface area contributed by atoms with Crippen molar-refractivity contribution in [2.75, 3.05) is 33.2 Å². The van der Waals surface area contributed by atoms with E-state index >= 15 is 0 Å². The van der Waals surface area contributed by atoms with Gasteiger partial charge in [-0.15, -0.1) is 12.3 Å². The van der Waals surface area contributed by atoms with Gasteiger partial charge >= 0.3 is 0 Å². The van der Waals surface area contributed by atoms with Gasteiger partial charge in [0.25, 0.3) is 0 Å². The van der Waals surface area contributed by atoms with Crippen LogP contribution in [0.5, 0.6) is 0 Å². The highest BCUT2D eigenvalue weighted by atomic mass is 16.2. The number of terminal acetylenes is 1. The molecule has 0 aliphatic carbocycles. The maximum Gasteiger partial charge on any atom is 0.222 e. The molecule has 5 heteroatoms. The topological polar surface area (TPSA) is 48.3 Å². The highest BCUT2D eigenvalue weighted by Gasteiger charge is 2.43. The van der Waals surface area contributed by atoms with Gasteiger partial charge in [-0.3, -0.25) is 4.79 Å². The molecule has 0 aromatic heterocycles. The number of rotatable bonds is 5. The van der Waals surface area contributed by atoms with Gasteiger partial charge in [0.15, 0.2) is 5.66 Å². The van der Waals surface area contributed by atoms with E-state index in [0.717, 1.165) is 45.4 Å². The van der Waals surface area contributed by atoms with Crippen LogP contribution in [0.15, 0.2) is 10.2 Å². The summed E-state index contributed by atoms with van der Waals surface area (Å²) in [6.45, 7) is 4.14. The van der Waals surface area contributed by atoms with E-state index in [-0.39, 0.29) is 11.6 Å². The Morgan fingerprint density at radius 3 is 2.68 bits per heavy atom. The third-order valence-corrected chi connectivity index (χ3v) is 5.44. The SMILES string of the molecule is C#CCCC1(CCC(=O)N2CCCC3(CCN(C)C3)C2)N=N1. The number of likely N-dealkylation sites (tertiary alicyclic amines) is 2. The monoisotopic (exact) mass is 302 g/mol. The van der Waals surface area contributed by atoms with Crippen molar-refractivity contribution in [3.05, 3.63) is 0 Å². The fourth-order valence-electron chi connectivity index (χ4n) is 4.05. The Labute approximate surface area is 133 Å². The second-order valence-corrected chi connectivity index (χ2v) is 7.29. The number of piperidine rings is 1. The van der Waals surface area contributed by atoms with Crippen LogP contribution in [0.2, 0.25) is 0 Å². The number of nitrogens with zero attached hydrogens (tertiary/aromatic N) is 4. The molecule has 0 aromatic rings. The van der Waals surface area contributed by atoms with E-state index in [1.165, 1.54) is 12.8 Å². The van der Waals surface area contributed by atoms with Gasteiger partial charge in [-0.05, 0) is 32.9 Å². The second-order valence-electron chi connectivity index (χ2n) is 7.29. The molecule has 0 radical (unpaired) electrons. The Bertz CT molecular complexity index is 499. The smallest absolute Gasteiger partial charge is 0.222 e. The number of hydrogen-bond acceptors (Lipinski definition) is 4. The van der Waals surface area contributed by atoms with Gasteiger partial charge in [0.2, 0.25) is 5.91 Å². The van der Waals surface area contributed by atoms with Crippen molar-refractivity contribution in [3.8, 4) is 12.3 Å². The fourth-order valence-corrected chi connectivity index (χ4v) is 4.05. The van der Waals surface area contributed by atoms with E-state index in [9.17, 15) is 4.79 Å². The zero-order chi connectivity index (χ0) is 15.6. The molecule has 3 rings (SSSR count). The summed E-state index contributed by atoms with van der Waals surface area (Å²) in [4.78, 5) is 17.0. The molecule has 1 atom stereocenters. The van der Waals surface area contributed by atoms with E-state index < -0.39 is 0 Å². The van der Waals surface area contributed by atoms with Gasteiger partial charge in [-0.25, -0.2) is 0 Å². The minimum absolute atomic E-state index is 0.269. The van der Waals surface area contributed by atoms with Crippen LogP contribution in [0, 0.1) is 17.8 Å². The van der Waals surface area contributed by atoms with Gasteiger partial charge in [0.05, 0.1) is 0 Å². The predicted octanol–water partition coefficient (Wildman–Crippen LogP) is 2.29. The Balaban J connectivity index is 1.49. The van der Waals surface area contributed by atoms with Crippen molar-refractivity contribution < 1.29 is 4.79 Å². The standard InChI is InChI=1S/C17H26N4O/c1-3-4-8-17(18-19-17)9-6-15(22)21-11-5-7-16(14-21)10-12-20(2)13-16/h1H,4-14H2,2H3. The molecule has 0 bridgehead atoms. The van der Waals surface area contributed by atoms with E-state index in [1.54, 1.807) is 0 Å². The molecule has 22 heavy (non-hydrogen) atoms. The van der Waals surface area contributed by atoms with Crippen LogP contribution in [-0.2, 0) is 4.79 Å². The fraction of sp³-hybridized carbons (Fsp3) is 0.824. The van der Waals surface area contributed by atoms with Gasteiger partial charge in [-0.2, -0.15) is 10.2 Å². The molecule has 0 aromatic carbocycles. The zero-order valence-electron chi connectivity index (χ0n) is 13.6. The average molecular weight is 302 g/mol. The summed E-state index contributed by atoms with van der Waals surface area (Å²) < 4.78 is 0. The molecule has 3 heterocycles. The van der Waals surface area contributed by atoms with E-state index in [1.807, 2.05) is 0 Å². The lowest BCUT2D eigenvalue weighted by molar-refractivity contribution is -0.134. The maximum absolute atomic E-state index is 12.6. The molecule has 1 unspecified atom stereocenters. The molecule has 2 fully saturated rings. The molecule has 2 saturated heterocycles. The van der Waals surface area contributed by atoms with Crippen molar-refractivity contribution in [2.24, 2.45) is 15.6 Å². The lowest BCUT2D eigenvalue weighted by atomic mass is 9.79. The molecule has 5 nitrogen and oxygen atoms in total. The number of carbonyl (C=O) groups excluding carboxylic acids is 1. The van der Waals surface area contributed by atoms with Crippen molar-refractivity contribution in [1.82, 2.24) is 9.80 Å². The molecule has 120 valence electrons. The quantitative estimate of drug-likeness (QED) is 0.732. The van der Waals surface area contributed by atoms with Crippen LogP contribution in [0.1, 0.15) is 44.9 Å². The zero-order valence-corrected chi connectivity index (χ0v) is 13.6. The Morgan fingerprint density at radius 1 is 1.23 bits per heavy atom. The van der Waals surface area contributed by atoms with Crippen LogP contribution >= 0.6 is 0 Å². The van der Waals surface area contributed by atoms with E-state index in [0.29, 0.717) is 18.3 Å². The first kappa shape index (κ1) is 15.5. The minimum Gasteiger partial charge on any atom is -0.342 e. The number of hydrogen-bond donors (Lipinski definition) is 0. The molecule has 0 saturated carbocycles. The highest BCUT2D eigenvalue weighted by molar-refractivity contribution is 5.76. The van der Waals surface area contributed by atoms with E-state index in [2.05, 4.69) is 33.0 Å².